The van der Waals surface area contributed by atoms with Crippen LogP contribution in [0.3, 0.4) is 0 Å². The first-order valence-electron chi connectivity index (χ1n) is 7.36. The lowest BCUT2D eigenvalue weighted by molar-refractivity contribution is -0.384. The fourth-order valence-electron chi connectivity index (χ4n) is 2.56. The second kappa shape index (κ2) is 6.32. The molecule has 0 spiro atoms. The molecular weight excluding hydrogens is 332 g/mol. The van der Waals surface area contributed by atoms with Crippen LogP contribution in [0.5, 0.6) is 0 Å². The molecule has 2 N–H and O–H groups in total. The van der Waals surface area contributed by atoms with Crippen LogP contribution in [0.4, 0.5) is 5.69 Å². The average Bonchev–Trinajstić information content (AvgIpc) is 3.25. The molecule has 1 aromatic carbocycles. The normalized spacial score (nSPS) is 19.5. The molecule has 1 fully saturated rings. The lowest BCUT2D eigenvalue weighted by Crippen LogP contribution is -2.55. The average molecular weight is 346 g/mol. The number of aliphatic carboxylic acids is 1. The molecule has 130 valence electrons. The summed E-state index contributed by atoms with van der Waals surface area (Å²) in [7, 11) is 0. The molecule has 0 bridgehead atoms. The number of aromatic nitrogens is 2. The first-order chi connectivity index (χ1) is 11.9. The standard InChI is InChI=1S/C15H14N4O6/c20-13(16-15(14(21)22)6-8-25-9-15)10-5-7-18(17-10)11-3-1-2-4-12(11)19(23)24/h1-5,7H,6,8-9H2,(H,16,20)(H,21,22). The molecule has 1 aliphatic rings. The Hall–Kier alpha value is -3.27. The third-order valence-corrected chi connectivity index (χ3v) is 3.93. The number of nitrogens with zero attached hydrogens (tertiary/aromatic N) is 3. The summed E-state index contributed by atoms with van der Waals surface area (Å²) in [5.41, 5.74) is -1.50. The minimum Gasteiger partial charge on any atom is -0.479 e. The maximum absolute atomic E-state index is 12.3. The molecule has 1 amide bonds. The van der Waals surface area contributed by atoms with Crippen LogP contribution in [0.15, 0.2) is 36.5 Å². The fourth-order valence-corrected chi connectivity index (χ4v) is 2.56. The van der Waals surface area contributed by atoms with E-state index < -0.39 is 22.3 Å². The van der Waals surface area contributed by atoms with Gasteiger partial charge in [0.1, 0.15) is 5.69 Å². The third kappa shape index (κ3) is 3.06. The van der Waals surface area contributed by atoms with E-state index in [2.05, 4.69) is 10.4 Å². The van der Waals surface area contributed by atoms with Crippen LogP contribution in [-0.4, -0.2) is 50.4 Å². The number of rotatable bonds is 5. The van der Waals surface area contributed by atoms with E-state index in [-0.39, 0.29) is 36.7 Å². The first kappa shape index (κ1) is 16.6. The maximum atomic E-state index is 12.3. The van der Waals surface area contributed by atoms with E-state index in [0.717, 1.165) is 0 Å². The van der Waals surface area contributed by atoms with E-state index in [1.165, 1.54) is 35.1 Å². The predicted octanol–water partition coefficient (Wildman–Crippen LogP) is 0.754. The Morgan fingerprint density at radius 2 is 2.12 bits per heavy atom. The summed E-state index contributed by atoms with van der Waals surface area (Å²) in [6.45, 7) is 0.107. The van der Waals surface area contributed by atoms with Gasteiger partial charge in [-0.1, -0.05) is 12.1 Å². The molecule has 1 atom stereocenters. The highest BCUT2D eigenvalue weighted by atomic mass is 16.6. The number of nitro benzene ring substituents is 1. The number of nitro groups is 1. The van der Waals surface area contributed by atoms with Crippen LogP contribution in [0.1, 0.15) is 16.9 Å². The minimum atomic E-state index is -1.49. The van der Waals surface area contributed by atoms with Crippen molar-refractivity contribution in [1.82, 2.24) is 15.1 Å². The molecule has 1 aliphatic heterocycles. The number of nitrogens with one attached hydrogen (secondary N) is 1. The molecule has 1 aromatic heterocycles. The van der Waals surface area contributed by atoms with Crippen molar-refractivity contribution in [2.24, 2.45) is 0 Å². The zero-order valence-corrected chi connectivity index (χ0v) is 12.9. The highest BCUT2D eigenvalue weighted by Gasteiger charge is 2.44. The smallest absolute Gasteiger partial charge is 0.331 e. The summed E-state index contributed by atoms with van der Waals surface area (Å²) in [4.78, 5) is 34.3. The Balaban J connectivity index is 1.86. The number of hydrogen-bond donors (Lipinski definition) is 2. The molecule has 2 aromatic rings. The molecule has 10 heteroatoms. The van der Waals surface area contributed by atoms with Gasteiger partial charge in [0.05, 0.1) is 11.5 Å². The number of para-hydroxylation sites is 2. The minimum absolute atomic E-state index is 0.0503. The van der Waals surface area contributed by atoms with E-state index in [1.807, 2.05) is 0 Å². The van der Waals surface area contributed by atoms with Crippen molar-refractivity contribution in [1.29, 1.82) is 0 Å². The first-order valence-corrected chi connectivity index (χ1v) is 7.36. The molecule has 1 unspecified atom stereocenters. The van der Waals surface area contributed by atoms with Gasteiger partial charge in [0, 0.05) is 25.3 Å². The van der Waals surface area contributed by atoms with Gasteiger partial charge >= 0.3 is 5.97 Å². The summed E-state index contributed by atoms with van der Waals surface area (Å²) < 4.78 is 6.28. The Morgan fingerprint density at radius 1 is 1.36 bits per heavy atom. The number of ether oxygens (including phenoxy) is 1. The summed E-state index contributed by atoms with van der Waals surface area (Å²) in [5, 5.41) is 26.9. The Kier molecular flexibility index (Phi) is 4.19. The maximum Gasteiger partial charge on any atom is 0.331 e. The van der Waals surface area contributed by atoms with Gasteiger partial charge in [-0.3, -0.25) is 14.9 Å². The Labute approximate surface area is 141 Å². The molecule has 3 rings (SSSR count). The Morgan fingerprint density at radius 3 is 2.76 bits per heavy atom. The lowest BCUT2D eigenvalue weighted by Gasteiger charge is -2.22. The topological polar surface area (TPSA) is 137 Å². The monoisotopic (exact) mass is 346 g/mol. The SMILES string of the molecule is O=C(NC1(C(=O)O)CCOC1)c1ccn(-c2ccccc2[N+](=O)[O-])n1. The van der Waals surface area contributed by atoms with Gasteiger partial charge in [0.2, 0.25) is 0 Å². The molecule has 0 radical (unpaired) electrons. The number of amides is 1. The van der Waals surface area contributed by atoms with Crippen molar-refractivity contribution in [2.45, 2.75) is 12.0 Å². The molecule has 1 saturated heterocycles. The number of carbonyl (C=O) groups is 2. The zero-order valence-electron chi connectivity index (χ0n) is 12.9. The van der Waals surface area contributed by atoms with E-state index in [1.54, 1.807) is 6.07 Å². The third-order valence-electron chi connectivity index (χ3n) is 3.93. The van der Waals surface area contributed by atoms with Crippen molar-refractivity contribution in [3.63, 3.8) is 0 Å². The highest BCUT2D eigenvalue weighted by molar-refractivity contribution is 5.96. The number of benzene rings is 1. The van der Waals surface area contributed by atoms with Gasteiger partial charge in [0.15, 0.2) is 11.2 Å². The second-order valence-electron chi connectivity index (χ2n) is 5.54. The van der Waals surface area contributed by atoms with Crippen molar-refractivity contribution >= 4 is 17.6 Å². The molecule has 10 nitrogen and oxygen atoms in total. The lowest BCUT2D eigenvalue weighted by atomic mass is 9.99. The Bertz CT molecular complexity index is 840. The van der Waals surface area contributed by atoms with E-state index in [4.69, 9.17) is 4.74 Å². The summed E-state index contributed by atoms with van der Waals surface area (Å²) >= 11 is 0. The quantitative estimate of drug-likeness (QED) is 0.602. The van der Waals surface area contributed by atoms with Crippen molar-refractivity contribution in [3.8, 4) is 5.69 Å². The van der Waals surface area contributed by atoms with Crippen LogP contribution in [0, 0.1) is 10.1 Å². The van der Waals surface area contributed by atoms with Gasteiger partial charge in [-0.15, -0.1) is 0 Å². The molecule has 25 heavy (non-hydrogen) atoms. The van der Waals surface area contributed by atoms with Gasteiger partial charge in [-0.2, -0.15) is 5.10 Å². The van der Waals surface area contributed by atoms with Crippen LogP contribution in [-0.2, 0) is 9.53 Å². The van der Waals surface area contributed by atoms with Crippen LogP contribution < -0.4 is 5.32 Å². The summed E-state index contributed by atoms with van der Waals surface area (Å²) in [6.07, 6.45) is 1.55. The van der Waals surface area contributed by atoms with Gasteiger partial charge < -0.3 is 15.2 Å². The van der Waals surface area contributed by atoms with E-state index in [9.17, 15) is 24.8 Å². The van der Waals surface area contributed by atoms with Crippen molar-refractivity contribution < 1.29 is 24.4 Å². The molecule has 0 saturated carbocycles. The molecule has 0 aliphatic carbocycles. The molecular formula is C15H14N4O6. The zero-order chi connectivity index (χ0) is 18.0. The van der Waals surface area contributed by atoms with Crippen LogP contribution in [0.25, 0.3) is 5.69 Å². The second-order valence-corrected chi connectivity index (χ2v) is 5.54. The predicted molar refractivity (Wildman–Crippen MR) is 83.5 cm³/mol. The summed E-state index contributed by atoms with van der Waals surface area (Å²) in [6, 6.07) is 7.31. The fraction of sp³-hybridized carbons (Fsp3) is 0.267. The van der Waals surface area contributed by atoms with E-state index in [0.29, 0.717) is 0 Å². The van der Waals surface area contributed by atoms with Crippen LogP contribution >= 0.6 is 0 Å². The highest BCUT2D eigenvalue weighted by Crippen LogP contribution is 2.22. The van der Waals surface area contributed by atoms with Gasteiger partial charge in [0.25, 0.3) is 11.6 Å². The number of carbonyl (C=O) groups excluding carboxylic acids is 1. The number of carboxylic acid groups (broad SMARTS) is 1. The van der Waals surface area contributed by atoms with Gasteiger partial charge in [-0.05, 0) is 12.1 Å². The van der Waals surface area contributed by atoms with Crippen molar-refractivity contribution in [3.05, 3.63) is 52.3 Å². The number of hydrogen-bond acceptors (Lipinski definition) is 6. The van der Waals surface area contributed by atoms with Crippen LogP contribution in [0.2, 0.25) is 0 Å². The van der Waals surface area contributed by atoms with E-state index >= 15 is 0 Å². The number of carboxylic acids is 1. The molecule has 2 heterocycles. The van der Waals surface area contributed by atoms with Gasteiger partial charge in [-0.25, -0.2) is 9.48 Å². The largest absolute Gasteiger partial charge is 0.479 e. The van der Waals surface area contributed by atoms with Crippen molar-refractivity contribution in [2.75, 3.05) is 13.2 Å². The summed E-state index contributed by atoms with van der Waals surface area (Å²) in [5.74, 6) is -1.87.